The van der Waals surface area contributed by atoms with Gasteiger partial charge in [0.2, 0.25) is 0 Å². The first-order valence-corrected chi connectivity index (χ1v) is 6.83. The van der Waals surface area contributed by atoms with E-state index in [2.05, 4.69) is 42.6 Å². The fraction of sp³-hybridized carbons (Fsp3) is 0.294. The molecule has 1 atom stereocenters. The van der Waals surface area contributed by atoms with E-state index in [1.807, 2.05) is 18.2 Å². The summed E-state index contributed by atoms with van der Waals surface area (Å²) in [5.74, 6) is 1.55. The van der Waals surface area contributed by atoms with E-state index in [0.29, 0.717) is 6.04 Å². The topological polar surface area (TPSA) is 35.1 Å². The fourth-order valence-corrected chi connectivity index (χ4v) is 2.21. The highest BCUT2D eigenvalue weighted by Crippen LogP contribution is 2.27. The maximum absolute atomic E-state index is 5.33. The van der Waals surface area contributed by atoms with Crippen molar-refractivity contribution >= 4 is 0 Å². The van der Waals surface area contributed by atoms with Crippen molar-refractivity contribution in [3.63, 3.8) is 0 Å². The van der Waals surface area contributed by atoms with Crippen molar-refractivity contribution in [2.75, 3.05) is 14.2 Å². The van der Waals surface area contributed by atoms with E-state index in [1.165, 1.54) is 11.1 Å². The molecule has 0 spiro atoms. The molecule has 2 rings (SSSR count). The predicted molar refractivity (Wildman–Crippen MR) is 80.0 cm³/mol. The van der Waals surface area contributed by atoms with Crippen molar-refractivity contribution in [3.8, 4) is 11.5 Å². The number of methoxy groups -OCH3 is 2. The molecule has 2 aromatic rings. The predicted octanol–water partition coefficient (Wildman–Crippen LogP) is 2.53. The Morgan fingerprint density at radius 1 is 0.950 bits per heavy atom. The minimum absolute atomic E-state index is 0.435. The van der Waals surface area contributed by atoms with Crippen molar-refractivity contribution in [1.82, 2.24) is 0 Å². The third kappa shape index (κ3) is 3.52. The van der Waals surface area contributed by atoms with Crippen LogP contribution < -0.4 is 14.8 Å². The van der Waals surface area contributed by atoms with Crippen molar-refractivity contribution in [2.45, 2.75) is 19.5 Å². The van der Waals surface area contributed by atoms with E-state index in [9.17, 15) is 0 Å². The maximum Gasteiger partial charge on any atom is 0.161 e. The van der Waals surface area contributed by atoms with Crippen molar-refractivity contribution < 1.29 is 14.8 Å². The molecule has 106 valence electrons. The van der Waals surface area contributed by atoms with Gasteiger partial charge in [0, 0.05) is 11.1 Å². The highest BCUT2D eigenvalue weighted by Gasteiger charge is 2.09. The van der Waals surface area contributed by atoms with Crippen LogP contribution in [0.15, 0.2) is 48.5 Å². The summed E-state index contributed by atoms with van der Waals surface area (Å²) in [5, 5.41) is 2.32. The molecule has 0 radical (unpaired) electrons. The second-order valence-corrected chi connectivity index (χ2v) is 4.83. The molecule has 0 bridgehead atoms. The number of hydrogen-bond donors (Lipinski definition) is 1. The molecule has 0 amide bonds. The van der Waals surface area contributed by atoms with E-state index in [-0.39, 0.29) is 0 Å². The molecule has 0 aliphatic carbocycles. The smallest absolute Gasteiger partial charge is 0.161 e. The van der Waals surface area contributed by atoms with Gasteiger partial charge >= 0.3 is 0 Å². The molecule has 0 heterocycles. The average molecular weight is 272 g/mol. The molecule has 2 aromatic carbocycles. The highest BCUT2D eigenvalue weighted by molar-refractivity contribution is 5.42. The van der Waals surface area contributed by atoms with E-state index >= 15 is 0 Å². The Labute approximate surface area is 120 Å². The van der Waals surface area contributed by atoms with Crippen molar-refractivity contribution in [2.24, 2.45) is 0 Å². The third-order valence-electron chi connectivity index (χ3n) is 3.48. The molecule has 2 N–H and O–H groups in total. The summed E-state index contributed by atoms with van der Waals surface area (Å²) < 4.78 is 10.6. The lowest BCUT2D eigenvalue weighted by atomic mass is 10.1. The summed E-state index contributed by atoms with van der Waals surface area (Å²) in [7, 11) is 3.32. The molecule has 0 fully saturated rings. The van der Waals surface area contributed by atoms with Crippen LogP contribution in [0, 0.1) is 0 Å². The number of nitrogens with two attached hydrogens (primary N) is 1. The number of quaternary nitrogens is 1. The molecule has 0 aliphatic rings. The van der Waals surface area contributed by atoms with E-state index in [4.69, 9.17) is 9.47 Å². The third-order valence-corrected chi connectivity index (χ3v) is 3.48. The van der Waals surface area contributed by atoms with Gasteiger partial charge in [0.15, 0.2) is 11.5 Å². The monoisotopic (exact) mass is 272 g/mol. The van der Waals surface area contributed by atoms with E-state index < -0.39 is 0 Å². The lowest BCUT2D eigenvalue weighted by Gasteiger charge is -2.12. The van der Waals surface area contributed by atoms with Gasteiger partial charge in [0.25, 0.3) is 0 Å². The quantitative estimate of drug-likeness (QED) is 0.877. The summed E-state index contributed by atoms with van der Waals surface area (Å²) >= 11 is 0. The van der Waals surface area contributed by atoms with Gasteiger partial charge in [-0.25, -0.2) is 0 Å². The van der Waals surface area contributed by atoms with Crippen LogP contribution >= 0.6 is 0 Å². The standard InChI is InChI=1S/C17H21NO2/c1-13(15-7-5-4-6-8-15)18-12-14-9-10-16(19-2)17(11-14)20-3/h4-11,13,18H,12H2,1-3H3/p+1/t13-/m0/s1. The number of ether oxygens (including phenoxy) is 2. The average Bonchev–Trinajstić information content (AvgIpc) is 2.53. The Hall–Kier alpha value is -2.00. The lowest BCUT2D eigenvalue weighted by molar-refractivity contribution is -0.707. The highest BCUT2D eigenvalue weighted by atomic mass is 16.5. The Balaban J connectivity index is 2.00. The molecule has 20 heavy (non-hydrogen) atoms. The molecule has 0 aromatic heterocycles. The Kier molecular flexibility index (Phi) is 5.02. The SMILES string of the molecule is COc1ccc(C[NH2+][C@@H](C)c2ccccc2)cc1OC. The van der Waals surface area contributed by atoms with Crippen molar-refractivity contribution in [3.05, 3.63) is 59.7 Å². The Morgan fingerprint density at radius 2 is 1.65 bits per heavy atom. The van der Waals surface area contributed by atoms with Crippen molar-refractivity contribution in [1.29, 1.82) is 0 Å². The van der Waals surface area contributed by atoms with Gasteiger partial charge in [-0.1, -0.05) is 30.3 Å². The van der Waals surface area contributed by atoms with Crippen LogP contribution in [0.3, 0.4) is 0 Å². The first kappa shape index (κ1) is 14.4. The van der Waals surface area contributed by atoms with Gasteiger partial charge in [0.05, 0.1) is 14.2 Å². The molecular weight excluding hydrogens is 250 g/mol. The summed E-state index contributed by atoms with van der Waals surface area (Å²) in [4.78, 5) is 0. The molecule has 3 heteroatoms. The largest absolute Gasteiger partial charge is 0.493 e. The summed E-state index contributed by atoms with van der Waals surface area (Å²) in [5.41, 5.74) is 2.57. The summed E-state index contributed by atoms with van der Waals surface area (Å²) in [6.07, 6.45) is 0. The normalized spacial score (nSPS) is 11.9. The second kappa shape index (κ2) is 6.96. The molecular formula is C17H22NO2+. The van der Waals surface area contributed by atoms with E-state index in [1.54, 1.807) is 14.2 Å². The second-order valence-electron chi connectivity index (χ2n) is 4.83. The number of rotatable bonds is 6. The molecule has 0 saturated carbocycles. The van der Waals surface area contributed by atoms with Gasteiger partial charge < -0.3 is 14.8 Å². The lowest BCUT2D eigenvalue weighted by Crippen LogP contribution is -2.83. The number of hydrogen-bond acceptors (Lipinski definition) is 2. The minimum Gasteiger partial charge on any atom is -0.493 e. The zero-order valence-electron chi connectivity index (χ0n) is 12.3. The van der Waals surface area contributed by atoms with Crippen LogP contribution in [0.5, 0.6) is 11.5 Å². The molecule has 0 aliphatic heterocycles. The van der Waals surface area contributed by atoms with Gasteiger partial charge in [-0.2, -0.15) is 0 Å². The van der Waals surface area contributed by atoms with Crippen LogP contribution in [0.25, 0.3) is 0 Å². The van der Waals surface area contributed by atoms with E-state index in [0.717, 1.165) is 18.0 Å². The van der Waals surface area contributed by atoms with Gasteiger partial charge in [-0.05, 0) is 25.1 Å². The Morgan fingerprint density at radius 3 is 2.30 bits per heavy atom. The van der Waals surface area contributed by atoms with Crippen LogP contribution in [0.1, 0.15) is 24.1 Å². The first-order chi connectivity index (χ1) is 9.74. The zero-order valence-corrected chi connectivity index (χ0v) is 12.3. The van der Waals surface area contributed by atoms with Crippen LogP contribution in [-0.4, -0.2) is 14.2 Å². The molecule has 0 saturated heterocycles. The zero-order chi connectivity index (χ0) is 14.4. The minimum atomic E-state index is 0.435. The summed E-state index contributed by atoms with van der Waals surface area (Å²) in [6.45, 7) is 3.13. The van der Waals surface area contributed by atoms with Crippen LogP contribution in [0.2, 0.25) is 0 Å². The van der Waals surface area contributed by atoms with Gasteiger partial charge in [-0.15, -0.1) is 0 Å². The Bertz CT molecular complexity index is 540. The van der Waals surface area contributed by atoms with Gasteiger partial charge in [0.1, 0.15) is 12.6 Å². The van der Waals surface area contributed by atoms with Gasteiger partial charge in [-0.3, -0.25) is 0 Å². The fourth-order valence-electron chi connectivity index (χ4n) is 2.21. The number of benzene rings is 2. The molecule has 0 unspecified atom stereocenters. The van der Waals surface area contributed by atoms with Crippen LogP contribution in [0.4, 0.5) is 0 Å². The first-order valence-electron chi connectivity index (χ1n) is 6.83. The van der Waals surface area contributed by atoms with Crippen LogP contribution in [-0.2, 0) is 6.54 Å². The summed E-state index contributed by atoms with van der Waals surface area (Å²) in [6, 6.07) is 17.0. The molecule has 3 nitrogen and oxygen atoms in total. The maximum atomic E-state index is 5.33.